The van der Waals surface area contributed by atoms with Gasteiger partial charge in [0.1, 0.15) is 6.04 Å². The van der Waals surface area contributed by atoms with Crippen molar-refractivity contribution in [2.45, 2.75) is 19.4 Å². The molecule has 7 heteroatoms. The molecular formula is C17H18N4O2S. The van der Waals surface area contributed by atoms with Gasteiger partial charge in [-0.3, -0.25) is 15.0 Å². The van der Waals surface area contributed by atoms with E-state index in [9.17, 15) is 9.59 Å². The molecule has 1 atom stereocenters. The summed E-state index contributed by atoms with van der Waals surface area (Å²) in [5, 5.41) is 8.26. The molecule has 1 aromatic heterocycles. The highest BCUT2D eigenvalue weighted by Gasteiger charge is 2.30. The number of anilines is 1. The first kappa shape index (κ1) is 16.2. The minimum absolute atomic E-state index is 0.149. The second-order valence-corrected chi connectivity index (χ2v) is 6.19. The number of nitrogens with zero attached hydrogens (tertiary/aromatic N) is 2. The average Bonchev–Trinajstić information content (AvgIpc) is 3.11. The molecule has 1 aliphatic heterocycles. The number of hydrazine groups is 1. The maximum atomic E-state index is 12.3. The highest BCUT2D eigenvalue weighted by Crippen LogP contribution is 2.15. The summed E-state index contributed by atoms with van der Waals surface area (Å²) in [7, 11) is 0. The van der Waals surface area contributed by atoms with Crippen molar-refractivity contribution in [3.63, 3.8) is 0 Å². The molecule has 0 saturated carbocycles. The van der Waals surface area contributed by atoms with Crippen LogP contribution in [0.4, 0.5) is 5.69 Å². The van der Waals surface area contributed by atoms with Crippen LogP contribution in [-0.2, 0) is 16.0 Å². The molecule has 3 rings (SSSR count). The van der Waals surface area contributed by atoms with Gasteiger partial charge in [-0.05, 0) is 47.9 Å². The fourth-order valence-corrected chi connectivity index (χ4v) is 3.05. The monoisotopic (exact) mass is 342 g/mol. The quantitative estimate of drug-likeness (QED) is 0.869. The lowest BCUT2D eigenvalue weighted by Gasteiger charge is -2.30. The lowest BCUT2D eigenvalue weighted by atomic mass is 10.2. The first-order chi connectivity index (χ1) is 11.6. The molecule has 1 aromatic carbocycles. The molecule has 0 unspecified atom stereocenters. The van der Waals surface area contributed by atoms with Crippen LogP contribution in [-0.4, -0.2) is 30.2 Å². The molecule has 0 spiro atoms. The van der Waals surface area contributed by atoms with Crippen molar-refractivity contribution < 1.29 is 9.59 Å². The summed E-state index contributed by atoms with van der Waals surface area (Å²) in [6.07, 6.45) is 0.763. The van der Waals surface area contributed by atoms with E-state index in [2.05, 4.69) is 21.1 Å². The lowest BCUT2D eigenvalue weighted by molar-refractivity contribution is -0.120. The van der Waals surface area contributed by atoms with Crippen molar-refractivity contribution in [3.8, 4) is 0 Å². The number of rotatable bonds is 5. The molecule has 24 heavy (non-hydrogen) atoms. The number of carbonyl (C=O) groups excluding carboxylic acids is 2. The number of hydrogen-bond acceptors (Lipinski definition) is 5. The molecule has 0 bridgehead atoms. The van der Waals surface area contributed by atoms with Crippen molar-refractivity contribution in [2.24, 2.45) is 4.99 Å². The zero-order valence-corrected chi connectivity index (χ0v) is 14.0. The van der Waals surface area contributed by atoms with E-state index in [1.165, 1.54) is 10.6 Å². The van der Waals surface area contributed by atoms with Crippen LogP contribution in [0.1, 0.15) is 12.5 Å². The molecule has 2 heterocycles. The first-order valence-electron chi connectivity index (χ1n) is 7.68. The molecule has 1 aliphatic rings. The molecule has 2 N–H and O–H groups in total. The van der Waals surface area contributed by atoms with Crippen LogP contribution in [0.25, 0.3) is 0 Å². The maximum absolute atomic E-state index is 12.3. The molecule has 2 amide bonds. The van der Waals surface area contributed by atoms with Crippen LogP contribution in [0.5, 0.6) is 0 Å². The van der Waals surface area contributed by atoms with E-state index in [0.29, 0.717) is 12.2 Å². The Kier molecular flexibility index (Phi) is 4.90. The largest absolute Gasteiger partial charge is 0.349 e. The number of carbonyl (C=O) groups is 2. The van der Waals surface area contributed by atoms with Gasteiger partial charge in [0, 0.05) is 6.54 Å². The van der Waals surface area contributed by atoms with Crippen molar-refractivity contribution in [3.05, 3.63) is 52.7 Å². The van der Waals surface area contributed by atoms with Gasteiger partial charge in [0.25, 0.3) is 11.8 Å². The molecule has 6 nitrogen and oxygen atoms in total. The third kappa shape index (κ3) is 3.62. The Morgan fingerprint density at radius 2 is 2.12 bits per heavy atom. The molecule has 0 saturated heterocycles. The predicted molar refractivity (Wildman–Crippen MR) is 95.0 cm³/mol. The van der Waals surface area contributed by atoms with E-state index >= 15 is 0 Å². The second-order valence-electron chi connectivity index (χ2n) is 5.41. The van der Waals surface area contributed by atoms with Crippen LogP contribution < -0.4 is 15.8 Å². The molecule has 0 aliphatic carbocycles. The third-order valence-corrected chi connectivity index (χ3v) is 4.36. The summed E-state index contributed by atoms with van der Waals surface area (Å²) in [6.45, 7) is 2.20. The minimum Gasteiger partial charge on any atom is -0.349 e. The van der Waals surface area contributed by atoms with Crippen LogP contribution in [0, 0.1) is 0 Å². The van der Waals surface area contributed by atoms with E-state index < -0.39 is 6.04 Å². The average molecular weight is 342 g/mol. The molecule has 0 radical (unpaired) electrons. The fraction of sp³-hybridized carbons (Fsp3) is 0.235. The molecule has 0 fully saturated rings. The molecule has 2 aromatic rings. The number of benzene rings is 1. The first-order valence-corrected chi connectivity index (χ1v) is 8.62. The third-order valence-electron chi connectivity index (χ3n) is 3.63. The Labute approximate surface area is 144 Å². The molecule has 124 valence electrons. The summed E-state index contributed by atoms with van der Waals surface area (Å²) in [5.74, 6) is -0.363. The van der Waals surface area contributed by atoms with Gasteiger partial charge < -0.3 is 5.32 Å². The summed E-state index contributed by atoms with van der Waals surface area (Å²) < 4.78 is 0. The highest BCUT2D eigenvalue weighted by atomic mass is 32.1. The Hall–Kier alpha value is -2.67. The van der Waals surface area contributed by atoms with Gasteiger partial charge in [0.05, 0.1) is 5.69 Å². The van der Waals surface area contributed by atoms with E-state index in [-0.39, 0.29) is 17.6 Å². The van der Waals surface area contributed by atoms with E-state index in [1.807, 2.05) is 29.6 Å². The Balaban J connectivity index is 1.65. The topological polar surface area (TPSA) is 73.8 Å². The molecular weight excluding hydrogens is 324 g/mol. The van der Waals surface area contributed by atoms with Gasteiger partial charge in [-0.15, -0.1) is 0 Å². The highest BCUT2D eigenvalue weighted by molar-refractivity contribution is 7.07. The van der Waals surface area contributed by atoms with Gasteiger partial charge in [-0.1, -0.05) is 18.2 Å². The number of nitrogens with one attached hydrogen (secondary N) is 2. The Morgan fingerprint density at radius 3 is 2.83 bits per heavy atom. The van der Waals surface area contributed by atoms with Crippen molar-refractivity contribution in [1.82, 2.24) is 10.7 Å². The van der Waals surface area contributed by atoms with Crippen LogP contribution in [0.15, 0.2) is 52.2 Å². The van der Waals surface area contributed by atoms with Gasteiger partial charge in [-0.25, -0.2) is 10.0 Å². The van der Waals surface area contributed by atoms with Gasteiger partial charge in [0.2, 0.25) is 5.84 Å². The second kappa shape index (κ2) is 7.27. The summed E-state index contributed by atoms with van der Waals surface area (Å²) in [4.78, 5) is 28.8. The lowest BCUT2D eigenvalue weighted by Crippen LogP contribution is -2.58. The van der Waals surface area contributed by atoms with Crippen LogP contribution >= 0.6 is 11.3 Å². The minimum atomic E-state index is -0.607. The Morgan fingerprint density at radius 1 is 1.33 bits per heavy atom. The number of hydrogen-bond donors (Lipinski definition) is 2. The van der Waals surface area contributed by atoms with Gasteiger partial charge in [-0.2, -0.15) is 11.3 Å². The van der Waals surface area contributed by atoms with E-state index in [4.69, 9.17) is 0 Å². The number of amidine groups is 1. The fourth-order valence-electron chi connectivity index (χ4n) is 2.34. The van der Waals surface area contributed by atoms with E-state index in [0.717, 1.165) is 6.42 Å². The zero-order valence-electron chi connectivity index (χ0n) is 13.2. The standard InChI is InChI=1S/C17H18N4O2S/c1-12-17(23)21(14-5-3-2-4-6-14)20-15(19-12)16(22)18-9-7-13-8-10-24-11-13/h2-6,8,10-12H,7,9H2,1H3,(H,18,22)(H,19,20)/t12-/m1/s1. The maximum Gasteiger partial charge on any atom is 0.288 e. The summed E-state index contributed by atoms with van der Waals surface area (Å²) >= 11 is 1.63. The number of aliphatic imine (C=N–C) groups is 1. The Bertz CT molecular complexity index is 743. The predicted octanol–water partition coefficient (Wildman–Crippen LogP) is 1.75. The van der Waals surface area contributed by atoms with Gasteiger partial charge >= 0.3 is 0 Å². The summed E-state index contributed by atoms with van der Waals surface area (Å²) in [5.41, 5.74) is 4.68. The van der Waals surface area contributed by atoms with Crippen molar-refractivity contribution >= 4 is 34.7 Å². The zero-order chi connectivity index (χ0) is 16.9. The van der Waals surface area contributed by atoms with Gasteiger partial charge in [0.15, 0.2) is 0 Å². The van der Waals surface area contributed by atoms with E-state index in [1.54, 1.807) is 30.4 Å². The normalized spacial score (nSPS) is 17.2. The van der Waals surface area contributed by atoms with Crippen molar-refractivity contribution in [1.29, 1.82) is 0 Å². The van der Waals surface area contributed by atoms with Crippen molar-refractivity contribution in [2.75, 3.05) is 11.6 Å². The smallest absolute Gasteiger partial charge is 0.288 e. The van der Waals surface area contributed by atoms with Crippen LogP contribution in [0.2, 0.25) is 0 Å². The number of thiophene rings is 1. The van der Waals surface area contributed by atoms with Crippen LogP contribution in [0.3, 0.4) is 0 Å². The number of para-hydroxylation sites is 1. The number of amides is 2. The SMILES string of the molecule is C[C@H]1N=C(C(=O)NCCc2ccsc2)NN(c2ccccc2)C1=O. The summed E-state index contributed by atoms with van der Waals surface area (Å²) in [6, 6.07) is 10.6.